The van der Waals surface area contributed by atoms with E-state index in [9.17, 15) is 22.8 Å². The Morgan fingerprint density at radius 1 is 1.05 bits per heavy atom. The molecule has 2 aromatic carbocycles. The number of likely N-dealkylation sites (N-methyl/N-ethyl adjacent to an activating group) is 1. The van der Waals surface area contributed by atoms with Gasteiger partial charge in [-0.05, 0) is 61.7 Å². The average molecular weight is 599 g/mol. The van der Waals surface area contributed by atoms with Gasteiger partial charge < -0.3 is 25.1 Å². The average Bonchev–Trinajstić information content (AvgIpc) is 3.84. The van der Waals surface area contributed by atoms with Crippen LogP contribution in [0.25, 0.3) is 0 Å². The zero-order valence-corrected chi connectivity index (χ0v) is 24.6. The van der Waals surface area contributed by atoms with Crippen LogP contribution >= 0.6 is 0 Å². The number of ether oxygens (including phenoxy) is 1. The molecule has 2 N–H and O–H groups in total. The zero-order chi connectivity index (χ0) is 31.0. The van der Waals surface area contributed by atoms with Crippen LogP contribution in [0.3, 0.4) is 0 Å². The monoisotopic (exact) mass is 598 g/mol. The summed E-state index contributed by atoms with van der Waals surface area (Å²) in [6.45, 7) is 8.13. The van der Waals surface area contributed by atoms with Gasteiger partial charge in [-0.25, -0.2) is 9.97 Å². The molecule has 1 saturated heterocycles. The normalized spacial score (nSPS) is 15.7. The van der Waals surface area contributed by atoms with Gasteiger partial charge in [-0.3, -0.25) is 9.69 Å². The van der Waals surface area contributed by atoms with Gasteiger partial charge in [-0.2, -0.15) is 13.2 Å². The lowest BCUT2D eigenvalue weighted by Gasteiger charge is -2.34. The number of alkyl halides is 3. The molecular formula is C31H37F3N6O3. The molecule has 0 spiro atoms. The van der Waals surface area contributed by atoms with E-state index in [0.717, 1.165) is 50.4 Å². The van der Waals surface area contributed by atoms with Crippen molar-refractivity contribution >= 4 is 23.7 Å². The molecule has 0 atom stereocenters. The molecule has 1 aromatic heterocycles. The number of hydrogen-bond acceptors (Lipinski definition) is 8. The molecular weight excluding hydrogens is 561 g/mol. The Labute approximate surface area is 249 Å². The molecule has 12 heteroatoms. The first-order chi connectivity index (χ1) is 20.6. The van der Waals surface area contributed by atoms with Gasteiger partial charge in [0.15, 0.2) is 0 Å². The summed E-state index contributed by atoms with van der Waals surface area (Å²) < 4.78 is 47.7. The minimum absolute atomic E-state index is 0.0689. The summed E-state index contributed by atoms with van der Waals surface area (Å²) in [4.78, 5) is 34.9. The van der Waals surface area contributed by atoms with Crippen molar-refractivity contribution in [2.45, 2.75) is 39.4 Å². The van der Waals surface area contributed by atoms with Crippen molar-refractivity contribution in [2.75, 3.05) is 50.4 Å². The molecule has 2 fully saturated rings. The maximum atomic E-state index is 13.9. The number of halogens is 3. The molecule has 3 aromatic rings. The maximum Gasteiger partial charge on any atom is 0.416 e. The SMILES string of the molecule is CCN1CCN(Cc2ccc(NC(=O)c3ccc(C)c(Oc4cc(NC)ncn4)c3)cc2C(F)(F)F)CC1.O=CC1CC1. The van der Waals surface area contributed by atoms with Crippen molar-refractivity contribution < 1.29 is 27.5 Å². The highest BCUT2D eigenvalue weighted by molar-refractivity contribution is 6.04. The van der Waals surface area contributed by atoms with E-state index in [1.807, 2.05) is 11.8 Å². The molecule has 9 nitrogen and oxygen atoms in total. The van der Waals surface area contributed by atoms with Gasteiger partial charge in [-0.15, -0.1) is 0 Å². The number of benzene rings is 2. The van der Waals surface area contributed by atoms with Crippen LogP contribution in [0.4, 0.5) is 24.7 Å². The van der Waals surface area contributed by atoms with E-state index in [1.54, 1.807) is 25.2 Å². The first-order valence-corrected chi connectivity index (χ1v) is 14.3. The fourth-order valence-electron chi connectivity index (χ4n) is 4.49. The Kier molecular flexibility index (Phi) is 10.7. The lowest BCUT2D eigenvalue weighted by atomic mass is 10.0. The fourth-order valence-corrected chi connectivity index (χ4v) is 4.49. The summed E-state index contributed by atoms with van der Waals surface area (Å²) in [6, 6.07) is 10.4. The van der Waals surface area contributed by atoms with Crippen LogP contribution < -0.4 is 15.4 Å². The third kappa shape index (κ3) is 9.23. The van der Waals surface area contributed by atoms with Crippen molar-refractivity contribution in [2.24, 2.45) is 5.92 Å². The quantitative estimate of drug-likeness (QED) is 0.306. The third-order valence-corrected chi connectivity index (χ3v) is 7.36. The highest BCUT2D eigenvalue weighted by Gasteiger charge is 2.34. The molecule has 1 amide bonds. The van der Waals surface area contributed by atoms with E-state index in [-0.39, 0.29) is 29.2 Å². The Morgan fingerprint density at radius 2 is 1.77 bits per heavy atom. The Bertz CT molecular complexity index is 1410. The lowest BCUT2D eigenvalue weighted by molar-refractivity contribution is -0.138. The van der Waals surface area contributed by atoms with Gasteiger partial charge in [-0.1, -0.05) is 19.1 Å². The molecule has 43 heavy (non-hydrogen) atoms. The second-order valence-electron chi connectivity index (χ2n) is 10.6. The van der Waals surface area contributed by atoms with E-state index < -0.39 is 17.6 Å². The number of amides is 1. The predicted molar refractivity (Wildman–Crippen MR) is 158 cm³/mol. The van der Waals surface area contributed by atoms with Crippen LogP contribution in [0, 0.1) is 12.8 Å². The number of aldehydes is 1. The van der Waals surface area contributed by atoms with Crippen LogP contribution in [-0.4, -0.2) is 71.7 Å². The number of piperazine rings is 1. The van der Waals surface area contributed by atoms with Crippen molar-refractivity contribution in [1.82, 2.24) is 19.8 Å². The van der Waals surface area contributed by atoms with Gasteiger partial charge in [0.2, 0.25) is 5.88 Å². The number of nitrogens with zero attached hydrogens (tertiary/aromatic N) is 4. The first kappa shape index (κ1) is 31.9. The van der Waals surface area contributed by atoms with E-state index >= 15 is 0 Å². The number of aryl methyl sites for hydroxylation is 1. The van der Waals surface area contributed by atoms with Gasteiger partial charge >= 0.3 is 6.18 Å². The van der Waals surface area contributed by atoms with Gasteiger partial charge in [0, 0.05) is 63.0 Å². The summed E-state index contributed by atoms with van der Waals surface area (Å²) >= 11 is 0. The smallest absolute Gasteiger partial charge is 0.416 e. The van der Waals surface area contributed by atoms with Crippen molar-refractivity contribution in [1.29, 1.82) is 0 Å². The highest BCUT2D eigenvalue weighted by atomic mass is 19.4. The Morgan fingerprint density at radius 3 is 2.37 bits per heavy atom. The summed E-state index contributed by atoms with van der Waals surface area (Å²) in [5.74, 6) is 1.15. The number of carbonyl (C=O) groups excluding carboxylic acids is 2. The lowest BCUT2D eigenvalue weighted by Crippen LogP contribution is -2.45. The second-order valence-corrected chi connectivity index (χ2v) is 10.6. The Balaban J connectivity index is 0.000000767. The standard InChI is InChI=1S/C27H31F3N6O2.C4H6O/c1-4-35-9-11-36(12-10-35)16-20-7-8-21(14-22(20)27(28,29)30)34-26(37)19-6-5-18(2)23(13-19)38-25-15-24(31-3)32-17-33-25;5-3-4-1-2-4/h5-8,13-15,17H,4,9-12,16H2,1-3H3,(H,34,37)(H,31,32,33);3-4H,1-2H2. The zero-order valence-electron chi connectivity index (χ0n) is 24.6. The van der Waals surface area contributed by atoms with Crippen molar-refractivity contribution in [3.05, 3.63) is 71.0 Å². The topological polar surface area (TPSA) is 99.7 Å². The van der Waals surface area contributed by atoms with E-state index in [0.29, 0.717) is 30.6 Å². The predicted octanol–water partition coefficient (Wildman–Crippen LogP) is 5.62. The first-order valence-electron chi connectivity index (χ1n) is 14.3. The summed E-state index contributed by atoms with van der Waals surface area (Å²) in [5.41, 5.74) is 0.511. The number of carbonyl (C=O) groups is 2. The largest absolute Gasteiger partial charge is 0.439 e. The second kappa shape index (κ2) is 14.4. The van der Waals surface area contributed by atoms with Crippen molar-refractivity contribution in [3.8, 4) is 11.6 Å². The third-order valence-electron chi connectivity index (χ3n) is 7.36. The van der Waals surface area contributed by atoms with Gasteiger partial charge in [0.25, 0.3) is 5.91 Å². The summed E-state index contributed by atoms with van der Waals surface area (Å²) in [7, 11) is 1.71. The van der Waals surface area contributed by atoms with Gasteiger partial charge in [0.1, 0.15) is 24.2 Å². The van der Waals surface area contributed by atoms with E-state index in [4.69, 9.17) is 4.74 Å². The summed E-state index contributed by atoms with van der Waals surface area (Å²) in [5, 5.41) is 5.48. The van der Waals surface area contributed by atoms with Crippen LogP contribution in [-0.2, 0) is 17.5 Å². The van der Waals surface area contributed by atoms with Crippen molar-refractivity contribution in [3.63, 3.8) is 0 Å². The number of hydrogen-bond donors (Lipinski definition) is 2. The molecule has 2 heterocycles. The molecule has 2 aliphatic rings. The fraction of sp³-hybridized carbons (Fsp3) is 0.419. The van der Waals surface area contributed by atoms with Crippen LogP contribution in [0.5, 0.6) is 11.6 Å². The molecule has 1 aliphatic carbocycles. The number of rotatable bonds is 9. The molecule has 1 aliphatic heterocycles. The van der Waals surface area contributed by atoms with E-state index in [1.165, 1.54) is 24.5 Å². The molecule has 230 valence electrons. The number of nitrogens with one attached hydrogen (secondary N) is 2. The molecule has 0 unspecified atom stereocenters. The molecule has 1 saturated carbocycles. The summed E-state index contributed by atoms with van der Waals surface area (Å²) in [6.07, 6.45) is 0.114. The van der Waals surface area contributed by atoms with Crippen LogP contribution in [0.1, 0.15) is 46.8 Å². The minimum atomic E-state index is -4.55. The Hall–Kier alpha value is -4.03. The molecule has 0 radical (unpaired) electrons. The number of anilines is 2. The molecule has 5 rings (SSSR count). The molecule has 0 bridgehead atoms. The maximum absolute atomic E-state index is 13.9. The van der Waals surface area contributed by atoms with Crippen LogP contribution in [0.2, 0.25) is 0 Å². The number of aromatic nitrogens is 2. The van der Waals surface area contributed by atoms with Crippen LogP contribution in [0.15, 0.2) is 48.8 Å². The van der Waals surface area contributed by atoms with Gasteiger partial charge in [0.05, 0.1) is 5.56 Å². The minimum Gasteiger partial charge on any atom is -0.439 e. The highest BCUT2D eigenvalue weighted by Crippen LogP contribution is 2.35. The van der Waals surface area contributed by atoms with E-state index in [2.05, 4.69) is 32.4 Å².